The van der Waals surface area contributed by atoms with Gasteiger partial charge in [0.1, 0.15) is 11.5 Å². The monoisotopic (exact) mass is 607 g/mol. The van der Waals surface area contributed by atoms with Crippen molar-refractivity contribution < 1.29 is 14.6 Å². The SMILES string of the molecule is O=C(c1ccc(Cl)cc1)N1CCC(O)(Cn2cnc3c(cc(Cl)n3-c3ccc([C@@H]4NC[C@@H]5CC[C@H]4O5)cc3)c2=O)CC1. The number of carbonyl (C=O) groups excluding carboxylic acids is 1. The fourth-order valence-electron chi connectivity index (χ4n) is 6.50. The number of carbonyl (C=O) groups is 1. The molecule has 2 N–H and O–H groups in total. The van der Waals surface area contributed by atoms with Gasteiger partial charge in [0, 0.05) is 35.9 Å². The number of likely N-dealkylation sites (tertiary alicyclic amines) is 1. The van der Waals surface area contributed by atoms with Crippen LogP contribution in [0.3, 0.4) is 0 Å². The van der Waals surface area contributed by atoms with Gasteiger partial charge in [-0.15, -0.1) is 0 Å². The lowest BCUT2D eigenvalue weighted by molar-refractivity contribution is -0.0299. The molecule has 11 heteroatoms. The summed E-state index contributed by atoms with van der Waals surface area (Å²) in [5.74, 6) is -0.103. The average Bonchev–Trinajstić information content (AvgIpc) is 3.54. The molecule has 0 unspecified atom stereocenters. The molecule has 3 saturated heterocycles. The zero-order valence-corrected chi connectivity index (χ0v) is 24.4. The molecule has 3 atom stereocenters. The van der Waals surface area contributed by atoms with Crippen molar-refractivity contribution in [1.82, 2.24) is 24.3 Å². The summed E-state index contributed by atoms with van der Waals surface area (Å²) in [6.45, 7) is 1.70. The molecule has 2 aromatic carbocycles. The summed E-state index contributed by atoms with van der Waals surface area (Å²) in [6, 6.07) is 16.7. The minimum absolute atomic E-state index is 0.0771. The number of amides is 1. The van der Waals surface area contributed by atoms with E-state index in [4.69, 9.17) is 27.9 Å². The number of piperidine rings is 1. The van der Waals surface area contributed by atoms with Crippen LogP contribution in [0.25, 0.3) is 16.7 Å². The molecule has 9 nitrogen and oxygen atoms in total. The second kappa shape index (κ2) is 10.8. The van der Waals surface area contributed by atoms with Crippen molar-refractivity contribution in [2.75, 3.05) is 19.6 Å². The normalized spacial score (nSPS) is 23.4. The molecule has 7 rings (SSSR count). The summed E-state index contributed by atoms with van der Waals surface area (Å²) < 4.78 is 9.29. The molecule has 218 valence electrons. The van der Waals surface area contributed by atoms with E-state index in [1.165, 1.54) is 10.9 Å². The van der Waals surface area contributed by atoms with Crippen molar-refractivity contribution in [2.24, 2.45) is 0 Å². The first-order valence-electron chi connectivity index (χ1n) is 14.3. The number of benzene rings is 2. The number of nitrogens with one attached hydrogen (secondary N) is 1. The Morgan fingerprint density at radius 3 is 2.55 bits per heavy atom. The van der Waals surface area contributed by atoms with Crippen molar-refractivity contribution in [1.29, 1.82) is 0 Å². The number of fused-ring (bicyclic) bond motifs is 3. The van der Waals surface area contributed by atoms with Gasteiger partial charge >= 0.3 is 0 Å². The number of rotatable bonds is 5. The maximum Gasteiger partial charge on any atom is 0.262 e. The van der Waals surface area contributed by atoms with Gasteiger partial charge in [-0.25, -0.2) is 4.98 Å². The molecule has 0 aliphatic carbocycles. The Hall–Kier alpha value is -3.21. The van der Waals surface area contributed by atoms with E-state index in [0.717, 1.165) is 30.6 Å². The van der Waals surface area contributed by atoms with E-state index in [0.29, 0.717) is 58.8 Å². The van der Waals surface area contributed by atoms with E-state index >= 15 is 0 Å². The molecule has 3 aliphatic heterocycles. The Bertz CT molecular complexity index is 1690. The highest BCUT2D eigenvalue weighted by molar-refractivity contribution is 6.31. The third-order valence-electron chi connectivity index (χ3n) is 8.87. The molecule has 2 aromatic heterocycles. The van der Waals surface area contributed by atoms with Crippen LogP contribution in [-0.4, -0.2) is 67.5 Å². The van der Waals surface area contributed by atoms with Gasteiger partial charge in [-0.1, -0.05) is 35.3 Å². The summed E-state index contributed by atoms with van der Waals surface area (Å²) in [5.41, 5.74) is 1.56. The number of halogens is 2. The second-order valence-electron chi connectivity index (χ2n) is 11.6. The van der Waals surface area contributed by atoms with Crippen molar-refractivity contribution in [3.05, 3.63) is 92.6 Å². The van der Waals surface area contributed by atoms with Crippen molar-refractivity contribution in [2.45, 2.75) is 56.1 Å². The van der Waals surface area contributed by atoms with E-state index in [9.17, 15) is 14.7 Å². The van der Waals surface area contributed by atoms with Gasteiger partial charge in [-0.2, -0.15) is 0 Å². The summed E-state index contributed by atoms with van der Waals surface area (Å²) in [4.78, 5) is 32.7. The van der Waals surface area contributed by atoms with Gasteiger partial charge < -0.3 is 20.1 Å². The third kappa shape index (κ3) is 5.03. The van der Waals surface area contributed by atoms with Gasteiger partial charge in [0.2, 0.25) is 0 Å². The number of nitrogens with zero attached hydrogens (tertiary/aromatic N) is 4. The molecule has 4 aromatic rings. The highest BCUT2D eigenvalue weighted by atomic mass is 35.5. The minimum Gasteiger partial charge on any atom is -0.388 e. The molecular weight excluding hydrogens is 577 g/mol. The lowest BCUT2D eigenvalue weighted by Gasteiger charge is -2.38. The number of morpholine rings is 1. The van der Waals surface area contributed by atoms with E-state index in [1.807, 2.05) is 12.1 Å². The Morgan fingerprint density at radius 1 is 1.07 bits per heavy atom. The second-order valence-corrected chi connectivity index (χ2v) is 12.4. The highest BCUT2D eigenvalue weighted by Crippen LogP contribution is 2.35. The molecule has 0 spiro atoms. The lowest BCUT2D eigenvalue weighted by atomic mass is 9.91. The molecule has 0 radical (unpaired) electrons. The summed E-state index contributed by atoms with van der Waals surface area (Å²) in [5, 5.41) is 16.3. The first kappa shape index (κ1) is 27.6. The van der Waals surface area contributed by atoms with Crippen LogP contribution in [0, 0.1) is 0 Å². The van der Waals surface area contributed by atoms with Gasteiger partial charge in [0.05, 0.1) is 35.8 Å². The average molecular weight is 609 g/mol. The first-order chi connectivity index (χ1) is 20.3. The van der Waals surface area contributed by atoms with Crippen molar-refractivity contribution in [3.8, 4) is 5.69 Å². The topological polar surface area (TPSA) is 102 Å². The van der Waals surface area contributed by atoms with Crippen molar-refractivity contribution in [3.63, 3.8) is 0 Å². The Labute approximate surface area is 252 Å². The number of hydrogen-bond acceptors (Lipinski definition) is 6. The van der Waals surface area contributed by atoms with Crippen LogP contribution in [0.5, 0.6) is 0 Å². The van der Waals surface area contributed by atoms with E-state index in [-0.39, 0.29) is 30.2 Å². The molecule has 42 heavy (non-hydrogen) atoms. The molecule has 2 bridgehead atoms. The van der Waals surface area contributed by atoms with Gasteiger partial charge in [0.25, 0.3) is 11.5 Å². The zero-order chi connectivity index (χ0) is 29.0. The van der Waals surface area contributed by atoms with E-state index in [2.05, 4.69) is 22.4 Å². The van der Waals surface area contributed by atoms with E-state index in [1.54, 1.807) is 39.8 Å². The molecular formula is C31H31Cl2N5O4. The fourth-order valence-corrected chi connectivity index (χ4v) is 6.92. The van der Waals surface area contributed by atoms with Crippen LogP contribution < -0.4 is 10.9 Å². The molecule has 0 saturated carbocycles. The van der Waals surface area contributed by atoms with Crippen LogP contribution in [0.15, 0.2) is 65.7 Å². The molecule has 5 heterocycles. The minimum atomic E-state index is -1.14. The Morgan fingerprint density at radius 2 is 1.81 bits per heavy atom. The number of hydrogen-bond donors (Lipinski definition) is 2. The van der Waals surface area contributed by atoms with Crippen molar-refractivity contribution >= 4 is 40.1 Å². The van der Waals surface area contributed by atoms with Crippen LogP contribution in [0.2, 0.25) is 10.2 Å². The highest BCUT2D eigenvalue weighted by Gasteiger charge is 2.37. The smallest absolute Gasteiger partial charge is 0.262 e. The van der Waals surface area contributed by atoms with Gasteiger partial charge in [-0.05, 0) is 73.7 Å². The maximum absolute atomic E-state index is 13.5. The molecule has 3 fully saturated rings. The fraction of sp³-hybridized carbons (Fsp3) is 0.387. The van der Waals surface area contributed by atoms with E-state index < -0.39 is 5.60 Å². The van der Waals surface area contributed by atoms with Gasteiger partial charge in [-0.3, -0.25) is 18.7 Å². The molecule has 3 aliphatic rings. The maximum atomic E-state index is 13.5. The van der Waals surface area contributed by atoms with Crippen LogP contribution in [0.4, 0.5) is 0 Å². The quantitative estimate of drug-likeness (QED) is 0.350. The number of ether oxygens (including phenoxy) is 1. The zero-order valence-electron chi connectivity index (χ0n) is 22.9. The number of aromatic nitrogens is 3. The number of aliphatic hydroxyl groups is 1. The van der Waals surface area contributed by atoms with Gasteiger partial charge in [0.15, 0.2) is 5.65 Å². The summed E-state index contributed by atoms with van der Waals surface area (Å²) >= 11 is 12.6. The molecule has 1 amide bonds. The van der Waals surface area contributed by atoms with Crippen LogP contribution >= 0.6 is 23.2 Å². The predicted octanol–water partition coefficient (Wildman–Crippen LogP) is 4.35. The largest absolute Gasteiger partial charge is 0.388 e. The standard InChI is InChI=1S/C31H31Cl2N5O4/c32-21-5-1-20(2-6-21)29(39)36-13-11-31(41,12-14-36)17-37-18-35-28-24(30(37)40)15-26(33)38(28)22-7-3-19(4-8-22)27-25-10-9-23(42-25)16-34-27/h1-8,15,18,23,25,27,34,41H,9-14,16-17H2/t23-,25+,27-/m0/s1. The van der Waals surface area contributed by atoms with Crippen LogP contribution in [0.1, 0.15) is 47.6 Å². The lowest BCUT2D eigenvalue weighted by Crippen LogP contribution is -2.49. The first-order valence-corrected chi connectivity index (χ1v) is 15.1. The Balaban J connectivity index is 1.07. The predicted molar refractivity (Wildman–Crippen MR) is 161 cm³/mol. The summed E-state index contributed by atoms with van der Waals surface area (Å²) in [6.07, 6.45) is 4.82. The Kier molecular flexibility index (Phi) is 7.11. The third-order valence-corrected chi connectivity index (χ3v) is 9.40. The van der Waals surface area contributed by atoms with Crippen LogP contribution in [-0.2, 0) is 11.3 Å². The summed E-state index contributed by atoms with van der Waals surface area (Å²) in [7, 11) is 0.